The van der Waals surface area contributed by atoms with Crippen LogP contribution >= 0.6 is 0 Å². The van der Waals surface area contributed by atoms with Crippen molar-refractivity contribution in [3.05, 3.63) is 29.8 Å². The van der Waals surface area contributed by atoms with Crippen LogP contribution in [0.3, 0.4) is 0 Å². The van der Waals surface area contributed by atoms with Crippen LogP contribution in [0.25, 0.3) is 0 Å². The van der Waals surface area contributed by atoms with Crippen molar-refractivity contribution < 1.29 is 8.42 Å². The molecule has 0 atom stereocenters. The van der Waals surface area contributed by atoms with Crippen molar-refractivity contribution in [3.63, 3.8) is 0 Å². The minimum atomic E-state index is -3.03. The summed E-state index contributed by atoms with van der Waals surface area (Å²) in [5.41, 5.74) is 7.14. The number of nitrogens with two attached hydrogens (primary N) is 1. The first-order chi connectivity index (χ1) is 6.96. The molecule has 4 heteroatoms. The van der Waals surface area contributed by atoms with E-state index in [2.05, 4.69) is 0 Å². The lowest BCUT2D eigenvalue weighted by molar-refractivity contribution is 0.346. The third-order valence-electron chi connectivity index (χ3n) is 3.31. The molecule has 1 aliphatic rings. The molecule has 1 aromatic rings. The first kappa shape index (κ1) is 10.5. The van der Waals surface area contributed by atoms with Gasteiger partial charge in [0, 0.05) is 11.9 Å². The van der Waals surface area contributed by atoms with Crippen molar-refractivity contribution in [2.45, 2.75) is 24.0 Å². The summed E-state index contributed by atoms with van der Waals surface area (Å²) < 4.78 is 22.9. The Morgan fingerprint density at radius 3 is 2.07 bits per heavy atom. The van der Waals surface area contributed by atoms with Gasteiger partial charge in [-0.1, -0.05) is 12.1 Å². The molecule has 15 heavy (non-hydrogen) atoms. The number of hydrogen-bond acceptors (Lipinski definition) is 3. The fourth-order valence-corrected chi connectivity index (χ4v) is 3.75. The third-order valence-corrected chi connectivity index (χ3v) is 5.37. The van der Waals surface area contributed by atoms with Gasteiger partial charge in [-0.05, 0) is 37.0 Å². The first-order valence-electron chi connectivity index (χ1n) is 5.01. The molecule has 0 aromatic heterocycles. The molecule has 1 aromatic carbocycles. The second-order valence-electron chi connectivity index (χ2n) is 4.24. The standard InChI is InChI=1S/C11H15NO2S/c1-15(13,14)11(7-2-8-11)9-3-5-10(12)6-4-9/h3-6H,2,7-8,12H2,1H3. The van der Waals surface area contributed by atoms with Gasteiger partial charge < -0.3 is 5.73 Å². The van der Waals surface area contributed by atoms with Gasteiger partial charge in [-0.2, -0.15) is 0 Å². The number of rotatable bonds is 2. The molecule has 0 saturated heterocycles. The smallest absolute Gasteiger partial charge is 0.157 e. The van der Waals surface area contributed by atoms with Crippen molar-refractivity contribution >= 4 is 15.5 Å². The summed E-state index contributed by atoms with van der Waals surface area (Å²) in [6.45, 7) is 0. The van der Waals surface area contributed by atoms with Crippen molar-refractivity contribution in [1.29, 1.82) is 0 Å². The van der Waals surface area contributed by atoms with E-state index in [0.717, 1.165) is 24.8 Å². The van der Waals surface area contributed by atoms with Crippen LogP contribution in [0.4, 0.5) is 5.69 Å². The summed E-state index contributed by atoms with van der Waals surface area (Å²) in [4.78, 5) is 0. The van der Waals surface area contributed by atoms with Gasteiger partial charge in [-0.25, -0.2) is 8.42 Å². The van der Waals surface area contributed by atoms with Crippen molar-refractivity contribution in [1.82, 2.24) is 0 Å². The molecule has 1 saturated carbocycles. The second kappa shape index (κ2) is 3.23. The maximum absolute atomic E-state index is 11.8. The lowest BCUT2D eigenvalue weighted by Crippen LogP contribution is -2.41. The van der Waals surface area contributed by atoms with E-state index in [1.54, 1.807) is 12.1 Å². The maximum atomic E-state index is 11.8. The molecule has 0 spiro atoms. The Balaban J connectivity index is 2.48. The molecule has 1 aliphatic carbocycles. The SMILES string of the molecule is CS(=O)(=O)C1(c2ccc(N)cc2)CCC1. The van der Waals surface area contributed by atoms with E-state index < -0.39 is 14.6 Å². The van der Waals surface area contributed by atoms with E-state index in [4.69, 9.17) is 5.73 Å². The van der Waals surface area contributed by atoms with Crippen LogP contribution in [-0.2, 0) is 14.6 Å². The van der Waals surface area contributed by atoms with Gasteiger partial charge in [-0.3, -0.25) is 0 Å². The quantitative estimate of drug-likeness (QED) is 0.779. The predicted octanol–water partition coefficient (Wildman–Crippen LogP) is 1.69. The summed E-state index contributed by atoms with van der Waals surface area (Å²) in [5, 5.41) is 0. The molecule has 2 rings (SSSR count). The molecule has 3 nitrogen and oxygen atoms in total. The minimum absolute atomic E-state index is 0.638. The van der Waals surface area contributed by atoms with Gasteiger partial charge in [0.25, 0.3) is 0 Å². The Hall–Kier alpha value is -1.03. The molecule has 0 aliphatic heterocycles. The Morgan fingerprint density at radius 2 is 1.73 bits per heavy atom. The summed E-state index contributed by atoms with van der Waals surface area (Å²) in [7, 11) is -3.03. The number of anilines is 1. The number of nitrogen functional groups attached to an aromatic ring is 1. The highest BCUT2D eigenvalue weighted by atomic mass is 32.2. The molecule has 0 heterocycles. The molecular weight excluding hydrogens is 210 g/mol. The number of benzene rings is 1. The third kappa shape index (κ3) is 1.53. The molecule has 2 N–H and O–H groups in total. The Bertz CT molecular complexity index is 458. The molecule has 1 fully saturated rings. The number of hydrogen-bond donors (Lipinski definition) is 1. The highest BCUT2D eigenvalue weighted by Crippen LogP contribution is 2.47. The van der Waals surface area contributed by atoms with Gasteiger partial charge in [0.15, 0.2) is 9.84 Å². The largest absolute Gasteiger partial charge is 0.399 e. The second-order valence-corrected chi connectivity index (χ2v) is 6.57. The van der Waals surface area contributed by atoms with Gasteiger partial charge in [-0.15, -0.1) is 0 Å². The Labute approximate surface area is 90.2 Å². The Morgan fingerprint density at radius 1 is 1.20 bits per heavy atom. The highest BCUT2D eigenvalue weighted by Gasteiger charge is 2.47. The molecular formula is C11H15NO2S. The zero-order chi connectivity index (χ0) is 11.1. The average Bonchev–Trinajstić information content (AvgIpc) is 2.03. The minimum Gasteiger partial charge on any atom is -0.399 e. The van der Waals surface area contributed by atoms with Gasteiger partial charge >= 0.3 is 0 Å². The van der Waals surface area contributed by atoms with E-state index in [1.165, 1.54) is 6.26 Å². The van der Waals surface area contributed by atoms with E-state index in [1.807, 2.05) is 12.1 Å². The summed E-state index contributed by atoms with van der Waals surface area (Å²) in [5.74, 6) is 0. The van der Waals surface area contributed by atoms with Crippen molar-refractivity contribution in [2.75, 3.05) is 12.0 Å². The molecule has 0 amide bonds. The molecule has 0 radical (unpaired) electrons. The van der Waals surface area contributed by atoms with Gasteiger partial charge in [0.1, 0.15) is 0 Å². The highest BCUT2D eigenvalue weighted by molar-refractivity contribution is 7.91. The molecule has 0 unspecified atom stereocenters. The molecule has 0 bridgehead atoms. The average molecular weight is 225 g/mol. The van der Waals surface area contributed by atoms with E-state index in [0.29, 0.717) is 5.69 Å². The van der Waals surface area contributed by atoms with Crippen LogP contribution in [0.5, 0.6) is 0 Å². The van der Waals surface area contributed by atoms with Crippen LogP contribution < -0.4 is 5.73 Å². The lowest BCUT2D eigenvalue weighted by atomic mass is 9.79. The van der Waals surface area contributed by atoms with Gasteiger partial charge in [0.05, 0.1) is 4.75 Å². The zero-order valence-electron chi connectivity index (χ0n) is 8.73. The summed E-state index contributed by atoms with van der Waals surface area (Å²) in [6.07, 6.45) is 3.77. The summed E-state index contributed by atoms with van der Waals surface area (Å²) in [6, 6.07) is 7.19. The van der Waals surface area contributed by atoms with Crippen molar-refractivity contribution in [3.8, 4) is 0 Å². The topological polar surface area (TPSA) is 60.2 Å². The predicted molar refractivity (Wildman–Crippen MR) is 61.2 cm³/mol. The van der Waals surface area contributed by atoms with E-state index >= 15 is 0 Å². The lowest BCUT2D eigenvalue weighted by Gasteiger charge is -2.40. The fourth-order valence-electron chi connectivity index (χ4n) is 2.16. The first-order valence-corrected chi connectivity index (χ1v) is 6.90. The zero-order valence-corrected chi connectivity index (χ0v) is 9.55. The van der Waals surface area contributed by atoms with E-state index in [-0.39, 0.29) is 0 Å². The monoisotopic (exact) mass is 225 g/mol. The summed E-state index contributed by atoms with van der Waals surface area (Å²) >= 11 is 0. The van der Waals surface area contributed by atoms with Crippen LogP contribution in [0.2, 0.25) is 0 Å². The maximum Gasteiger partial charge on any atom is 0.157 e. The van der Waals surface area contributed by atoms with Crippen LogP contribution in [0.15, 0.2) is 24.3 Å². The normalized spacial score (nSPS) is 19.5. The van der Waals surface area contributed by atoms with Crippen LogP contribution in [0.1, 0.15) is 24.8 Å². The van der Waals surface area contributed by atoms with Gasteiger partial charge in [0.2, 0.25) is 0 Å². The van der Waals surface area contributed by atoms with Crippen LogP contribution in [-0.4, -0.2) is 14.7 Å². The Kier molecular flexibility index (Phi) is 2.26. The van der Waals surface area contributed by atoms with E-state index in [9.17, 15) is 8.42 Å². The number of sulfone groups is 1. The fraction of sp³-hybridized carbons (Fsp3) is 0.455. The van der Waals surface area contributed by atoms with Crippen molar-refractivity contribution in [2.24, 2.45) is 0 Å². The molecule has 82 valence electrons. The van der Waals surface area contributed by atoms with Crippen LogP contribution in [0, 0.1) is 0 Å².